The first kappa shape index (κ1) is 27.5. The number of benzene rings is 2. The summed E-state index contributed by atoms with van der Waals surface area (Å²) in [6, 6.07) is 9.70. The number of anilines is 1. The van der Waals surface area contributed by atoms with Gasteiger partial charge in [0.25, 0.3) is 5.91 Å². The predicted octanol–water partition coefficient (Wildman–Crippen LogP) is 5.79. The summed E-state index contributed by atoms with van der Waals surface area (Å²) < 4.78 is 54.1. The number of aromatic carboxylic acids is 1. The molecule has 3 aromatic rings. The Hall–Kier alpha value is -3.54. The number of carbonyl (C=O) groups is 2. The number of amides is 1. The van der Waals surface area contributed by atoms with Gasteiger partial charge in [-0.15, -0.1) is 0 Å². The van der Waals surface area contributed by atoms with Gasteiger partial charge in [-0.3, -0.25) is 4.79 Å². The number of aliphatic hydroxyl groups is 1. The molecular formula is C25H19Cl2F3N2O6. The molecule has 13 heteroatoms. The van der Waals surface area contributed by atoms with Gasteiger partial charge in [0, 0.05) is 24.1 Å². The Bertz CT molecular complexity index is 1430. The number of hydrogen-bond donors (Lipinski definition) is 2. The molecule has 1 aliphatic heterocycles. The van der Waals surface area contributed by atoms with Gasteiger partial charge >= 0.3 is 12.1 Å². The number of fused-ring (bicyclic) bond motifs is 1. The number of rotatable bonds is 6. The van der Waals surface area contributed by atoms with Crippen molar-refractivity contribution < 1.29 is 42.4 Å². The average Bonchev–Trinajstić information content (AvgIpc) is 2.84. The maximum absolute atomic E-state index is 14.4. The highest BCUT2D eigenvalue weighted by Crippen LogP contribution is 2.51. The second kappa shape index (κ2) is 9.97. The molecule has 38 heavy (non-hydrogen) atoms. The SMILES string of the molecule is C[C@H](c1ccc(Oc2ccc(C(=O)O)c(Cl)n2)cc1Cl)[C@@](O)(c1ccc2c(c1)OCC(=O)N2C)C(F)(F)F. The van der Waals surface area contributed by atoms with Crippen LogP contribution in [0, 0.1) is 0 Å². The summed E-state index contributed by atoms with van der Waals surface area (Å²) in [6.45, 7) is 0.830. The van der Waals surface area contributed by atoms with Crippen LogP contribution in [0.1, 0.15) is 34.3 Å². The van der Waals surface area contributed by atoms with E-state index in [0.717, 1.165) is 12.1 Å². The predicted molar refractivity (Wildman–Crippen MR) is 131 cm³/mol. The lowest BCUT2D eigenvalue weighted by atomic mass is 9.77. The number of aromatic nitrogens is 1. The number of pyridine rings is 1. The Labute approximate surface area is 224 Å². The second-order valence-electron chi connectivity index (χ2n) is 8.49. The maximum Gasteiger partial charge on any atom is 0.422 e. The molecule has 0 bridgehead atoms. The molecule has 0 radical (unpaired) electrons. The van der Waals surface area contributed by atoms with Crippen LogP contribution in [0.2, 0.25) is 10.2 Å². The molecule has 1 amide bonds. The molecule has 1 aliphatic rings. The Morgan fingerprint density at radius 3 is 2.47 bits per heavy atom. The lowest BCUT2D eigenvalue weighted by Gasteiger charge is -2.38. The molecule has 0 saturated carbocycles. The molecular weight excluding hydrogens is 552 g/mol. The van der Waals surface area contributed by atoms with Crippen molar-refractivity contribution in [3.63, 3.8) is 0 Å². The van der Waals surface area contributed by atoms with Crippen LogP contribution in [0.25, 0.3) is 0 Å². The molecule has 0 unspecified atom stereocenters. The lowest BCUT2D eigenvalue weighted by Crippen LogP contribution is -2.46. The van der Waals surface area contributed by atoms with E-state index >= 15 is 0 Å². The summed E-state index contributed by atoms with van der Waals surface area (Å²) in [5.41, 5.74) is -3.87. The monoisotopic (exact) mass is 570 g/mol. The standard InChI is InChI=1S/C25H19Cl2F3N2O6/c1-12(15-5-4-14(10-17(15)26)38-20-8-6-16(23(34)35)22(27)31-20)24(36,25(28,29)30)13-3-7-18-19(9-13)37-11-21(33)32(18)2/h3-10,12,36H,11H2,1-2H3,(H,34,35)/t12-,24-/m1/s1. The first-order valence-corrected chi connectivity index (χ1v) is 11.7. The van der Waals surface area contributed by atoms with Crippen LogP contribution < -0.4 is 14.4 Å². The Kier molecular flexibility index (Phi) is 7.21. The first-order chi connectivity index (χ1) is 17.7. The van der Waals surface area contributed by atoms with E-state index in [1.807, 2.05) is 0 Å². The third-order valence-electron chi connectivity index (χ3n) is 6.26. The van der Waals surface area contributed by atoms with Gasteiger partial charge in [0.05, 0.1) is 11.3 Å². The van der Waals surface area contributed by atoms with Crippen molar-refractivity contribution in [2.75, 3.05) is 18.6 Å². The van der Waals surface area contributed by atoms with Gasteiger partial charge in [-0.25, -0.2) is 9.78 Å². The van der Waals surface area contributed by atoms with Gasteiger partial charge in [-0.1, -0.05) is 42.3 Å². The number of halogens is 5. The minimum Gasteiger partial charge on any atom is -0.482 e. The van der Waals surface area contributed by atoms with Gasteiger partial charge in [0.15, 0.2) is 12.2 Å². The summed E-state index contributed by atoms with van der Waals surface area (Å²) in [4.78, 5) is 28.0. The second-order valence-corrected chi connectivity index (χ2v) is 9.25. The fourth-order valence-electron chi connectivity index (χ4n) is 4.08. The van der Waals surface area contributed by atoms with Gasteiger partial charge in [-0.2, -0.15) is 13.2 Å². The van der Waals surface area contributed by atoms with Crippen LogP contribution in [0.3, 0.4) is 0 Å². The topological polar surface area (TPSA) is 109 Å². The molecule has 0 aliphatic carbocycles. The zero-order chi connectivity index (χ0) is 28.0. The number of hydrogen-bond acceptors (Lipinski definition) is 6. The van der Waals surface area contributed by atoms with Crippen molar-refractivity contribution in [1.29, 1.82) is 0 Å². The zero-order valence-corrected chi connectivity index (χ0v) is 21.2. The van der Waals surface area contributed by atoms with E-state index in [1.165, 1.54) is 55.3 Å². The molecule has 8 nitrogen and oxygen atoms in total. The normalized spacial score (nSPS) is 15.8. The van der Waals surface area contributed by atoms with Crippen LogP contribution in [-0.4, -0.2) is 46.9 Å². The van der Waals surface area contributed by atoms with E-state index in [2.05, 4.69) is 4.98 Å². The van der Waals surface area contributed by atoms with E-state index in [-0.39, 0.29) is 56.9 Å². The fourth-order valence-corrected chi connectivity index (χ4v) is 4.64. The molecule has 0 spiro atoms. The molecule has 2 atom stereocenters. The molecule has 2 aromatic carbocycles. The van der Waals surface area contributed by atoms with Gasteiger partial charge in [-0.05, 0) is 41.5 Å². The number of carboxylic acids is 1. The zero-order valence-electron chi connectivity index (χ0n) is 19.7. The third kappa shape index (κ3) is 4.84. The Morgan fingerprint density at radius 1 is 1.16 bits per heavy atom. The number of likely N-dealkylation sites (N-methyl/N-ethyl adjacent to an activating group) is 1. The highest BCUT2D eigenvalue weighted by Gasteiger charge is 2.59. The van der Waals surface area contributed by atoms with E-state index in [4.69, 9.17) is 37.8 Å². The summed E-state index contributed by atoms with van der Waals surface area (Å²) in [5.74, 6) is -3.20. The molecule has 2 N–H and O–H groups in total. The quantitative estimate of drug-likeness (QED) is 0.361. The van der Waals surface area contributed by atoms with E-state index in [0.29, 0.717) is 0 Å². The molecule has 4 rings (SSSR count). The minimum absolute atomic E-state index is 0.0226. The van der Waals surface area contributed by atoms with Crippen molar-refractivity contribution >= 4 is 40.8 Å². The Balaban J connectivity index is 1.67. The van der Waals surface area contributed by atoms with Crippen molar-refractivity contribution in [3.8, 4) is 17.4 Å². The van der Waals surface area contributed by atoms with Crippen molar-refractivity contribution in [2.45, 2.75) is 24.6 Å². The highest BCUT2D eigenvalue weighted by atomic mass is 35.5. The molecule has 200 valence electrons. The molecule has 0 fully saturated rings. The van der Waals surface area contributed by atoms with Crippen molar-refractivity contribution in [1.82, 2.24) is 4.98 Å². The largest absolute Gasteiger partial charge is 0.482 e. The summed E-state index contributed by atoms with van der Waals surface area (Å²) in [6.07, 6.45) is -5.12. The Morgan fingerprint density at radius 2 is 1.87 bits per heavy atom. The van der Waals surface area contributed by atoms with Crippen LogP contribution in [0.5, 0.6) is 17.4 Å². The summed E-state index contributed by atoms with van der Waals surface area (Å²) >= 11 is 12.2. The number of carbonyl (C=O) groups excluding carboxylic acids is 1. The van der Waals surface area contributed by atoms with Gasteiger partial charge in [0.2, 0.25) is 5.88 Å². The first-order valence-electron chi connectivity index (χ1n) is 10.9. The third-order valence-corrected chi connectivity index (χ3v) is 6.88. The lowest BCUT2D eigenvalue weighted by molar-refractivity contribution is -0.274. The number of nitrogens with zero attached hydrogens (tertiary/aromatic N) is 2. The highest BCUT2D eigenvalue weighted by molar-refractivity contribution is 6.32. The maximum atomic E-state index is 14.4. The fraction of sp³-hybridized carbons (Fsp3) is 0.240. The smallest absolute Gasteiger partial charge is 0.422 e. The summed E-state index contributed by atoms with van der Waals surface area (Å²) in [5, 5.41) is 19.8. The van der Waals surface area contributed by atoms with Gasteiger partial charge in [0.1, 0.15) is 16.7 Å². The van der Waals surface area contributed by atoms with Crippen molar-refractivity contribution in [3.05, 3.63) is 75.4 Å². The van der Waals surface area contributed by atoms with E-state index in [1.54, 1.807) is 0 Å². The van der Waals surface area contributed by atoms with Crippen LogP contribution in [0.15, 0.2) is 48.5 Å². The minimum atomic E-state index is -5.12. The molecule has 0 saturated heterocycles. The van der Waals surface area contributed by atoms with Crippen LogP contribution in [-0.2, 0) is 10.4 Å². The van der Waals surface area contributed by atoms with Crippen LogP contribution >= 0.6 is 23.2 Å². The molecule has 2 heterocycles. The molecule has 1 aromatic heterocycles. The van der Waals surface area contributed by atoms with Crippen LogP contribution in [0.4, 0.5) is 18.9 Å². The van der Waals surface area contributed by atoms with Gasteiger partial charge < -0.3 is 24.6 Å². The average molecular weight is 571 g/mol. The van der Waals surface area contributed by atoms with Crippen molar-refractivity contribution in [2.24, 2.45) is 0 Å². The van der Waals surface area contributed by atoms with E-state index < -0.39 is 29.2 Å². The number of ether oxygens (including phenoxy) is 2. The van der Waals surface area contributed by atoms with E-state index in [9.17, 15) is 27.9 Å². The number of alkyl halides is 3. The number of carboxylic acid groups (broad SMARTS) is 1. The summed E-state index contributed by atoms with van der Waals surface area (Å²) in [7, 11) is 1.47.